The van der Waals surface area contributed by atoms with Crippen LogP contribution in [0.1, 0.15) is 13.8 Å². The Morgan fingerprint density at radius 1 is 0.271 bits per heavy atom. The van der Waals surface area contributed by atoms with Crippen LogP contribution in [0.5, 0.6) is 0 Å². The summed E-state index contributed by atoms with van der Waals surface area (Å²) in [5.74, 6) is 0. The number of benzene rings is 9. The van der Waals surface area contributed by atoms with Gasteiger partial charge in [0.15, 0.2) is 0 Å². The predicted octanol–water partition coefficient (Wildman–Crippen LogP) is 15.7. The smallest absolute Gasteiger partial charge is 0.0547 e. The molecule has 0 atom stereocenters. The van der Waals surface area contributed by atoms with Crippen molar-refractivity contribution in [3.05, 3.63) is 224 Å². The van der Waals surface area contributed by atoms with Gasteiger partial charge >= 0.3 is 0 Å². The van der Waals surface area contributed by atoms with E-state index in [1.807, 2.05) is 13.8 Å². The van der Waals surface area contributed by atoms with Gasteiger partial charge < -0.3 is 14.0 Å². The maximum absolute atomic E-state index is 2.38. The van der Waals surface area contributed by atoms with Crippen LogP contribution in [-0.4, -0.2) is 9.13 Å². The van der Waals surface area contributed by atoms with Gasteiger partial charge in [0.25, 0.3) is 0 Å². The zero-order chi connectivity index (χ0) is 39.7. The van der Waals surface area contributed by atoms with Gasteiger partial charge in [0, 0.05) is 50.0 Å². The van der Waals surface area contributed by atoms with E-state index >= 15 is 0 Å². The van der Waals surface area contributed by atoms with Crippen molar-refractivity contribution < 1.29 is 0 Å². The average molecular weight is 758 g/mol. The summed E-state index contributed by atoms with van der Waals surface area (Å²) >= 11 is 0. The highest BCUT2D eigenvalue weighted by Gasteiger charge is 2.17. The molecule has 0 radical (unpaired) electrons. The minimum atomic E-state index is 1.10. The molecule has 3 nitrogen and oxygen atoms in total. The first-order valence-electron chi connectivity index (χ1n) is 20.5. The van der Waals surface area contributed by atoms with Crippen molar-refractivity contribution >= 4 is 60.7 Å². The van der Waals surface area contributed by atoms with Crippen LogP contribution < -0.4 is 4.90 Å². The van der Waals surface area contributed by atoms with E-state index in [9.17, 15) is 0 Å². The van der Waals surface area contributed by atoms with Crippen LogP contribution in [0, 0.1) is 0 Å². The number of nitrogens with zero attached hydrogens (tertiary/aromatic N) is 3. The standard InChI is InChI=1S/C54H37N3.C2H6/c1-4-14-42(15-5-1)55(45-30-24-38(25-31-45)40-29-35-53-50(36-40)48-21-11-13-23-52(48)56(53)43-16-6-2-7-17-43)46-32-26-39(27-33-46)41-28-34-49-47-20-10-12-22-51(47)57(54(49)37-41)44-18-8-3-9-19-44;1-2/h1-37H;1-2H3. The van der Waals surface area contributed by atoms with Gasteiger partial charge in [0.1, 0.15) is 0 Å². The molecule has 0 aliphatic heterocycles. The Balaban J connectivity index is 0.00000207. The third kappa shape index (κ3) is 6.34. The fraction of sp³-hybridized carbons (Fsp3) is 0.0357. The summed E-state index contributed by atoms with van der Waals surface area (Å²) in [5, 5.41) is 5.03. The summed E-state index contributed by atoms with van der Waals surface area (Å²) in [6, 6.07) is 81.0. The Labute approximate surface area is 345 Å². The number of rotatable bonds is 7. The third-order valence-corrected chi connectivity index (χ3v) is 11.3. The molecule has 0 unspecified atom stereocenters. The summed E-state index contributed by atoms with van der Waals surface area (Å²) in [4.78, 5) is 2.33. The van der Waals surface area contributed by atoms with E-state index in [0.29, 0.717) is 0 Å². The van der Waals surface area contributed by atoms with Crippen molar-refractivity contribution in [2.75, 3.05) is 4.90 Å². The lowest BCUT2D eigenvalue weighted by atomic mass is 10.0. The second-order valence-electron chi connectivity index (χ2n) is 14.6. The van der Waals surface area contributed by atoms with Crippen molar-refractivity contribution in [2.45, 2.75) is 13.8 Å². The van der Waals surface area contributed by atoms with E-state index in [1.54, 1.807) is 0 Å². The molecule has 0 spiro atoms. The molecule has 0 aliphatic carbocycles. The lowest BCUT2D eigenvalue weighted by Crippen LogP contribution is -2.09. The molecule has 0 aliphatic rings. The zero-order valence-corrected chi connectivity index (χ0v) is 33.2. The molecule has 0 N–H and O–H groups in total. The lowest BCUT2D eigenvalue weighted by Gasteiger charge is -2.26. The highest BCUT2D eigenvalue weighted by atomic mass is 15.1. The van der Waals surface area contributed by atoms with E-state index in [4.69, 9.17) is 0 Å². The molecule has 11 rings (SSSR count). The van der Waals surface area contributed by atoms with E-state index < -0.39 is 0 Å². The van der Waals surface area contributed by atoms with Crippen molar-refractivity contribution in [2.24, 2.45) is 0 Å². The first-order chi connectivity index (χ1) is 29.3. The molecule has 2 heterocycles. The number of aromatic nitrogens is 2. The predicted molar refractivity (Wildman–Crippen MR) is 252 cm³/mol. The second kappa shape index (κ2) is 15.4. The van der Waals surface area contributed by atoms with Crippen LogP contribution >= 0.6 is 0 Å². The first kappa shape index (κ1) is 35.8. The molecule has 0 fully saturated rings. The summed E-state index contributed by atoms with van der Waals surface area (Å²) in [7, 11) is 0. The topological polar surface area (TPSA) is 13.1 Å². The third-order valence-electron chi connectivity index (χ3n) is 11.3. The molecule has 3 heteroatoms. The minimum Gasteiger partial charge on any atom is -0.311 e. The van der Waals surface area contributed by atoms with Crippen LogP contribution in [0.15, 0.2) is 224 Å². The quantitative estimate of drug-likeness (QED) is 0.158. The van der Waals surface area contributed by atoms with Crippen LogP contribution in [0.4, 0.5) is 17.1 Å². The Morgan fingerprint density at radius 3 is 1.20 bits per heavy atom. The number of fused-ring (bicyclic) bond motifs is 6. The number of anilines is 3. The highest BCUT2D eigenvalue weighted by molar-refractivity contribution is 6.11. The largest absolute Gasteiger partial charge is 0.311 e. The summed E-state index contributed by atoms with van der Waals surface area (Å²) in [6.45, 7) is 4.00. The molecular weight excluding hydrogens is 715 g/mol. The van der Waals surface area contributed by atoms with Gasteiger partial charge in [-0.1, -0.05) is 147 Å². The normalized spacial score (nSPS) is 11.2. The molecule has 59 heavy (non-hydrogen) atoms. The second-order valence-corrected chi connectivity index (χ2v) is 14.6. The number of hydrogen-bond donors (Lipinski definition) is 0. The number of para-hydroxylation sites is 5. The lowest BCUT2D eigenvalue weighted by molar-refractivity contribution is 1.18. The molecule has 0 amide bonds. The first-order valence-corrected chi connectivity index (χ1v) is 20.5. The van der Waals surface area contributed by atoms with Crippen LogP contribution in [0.25, 0.3) is 77.2 Å². The SMILES string of the molecule is CC.c1ccc(N(c2ccc(-c3ccc4c(c3)c3ccccc3n4-c3ccccc3)cc2)c2ccc(-c3ccc4c5ccccc5n(-c5ccccc5)c4c3)cc2)cc1. The molecule has 0 saturated heterocycles. The van der Waals surface area contributed by atoms with E-state index in [1.165, 1.54) is 71.6 Å². The minimum absolute atomic E-state index is 1.10. The van der Waals surface area contributed by atoms with Gasteiger partial charge in [-0.05, 0) is 113 Å². The Bertz CT molecular complexity index is 3200. The Hall–Kier alpha value is -7.62. The van der Waals surface area contributed by atoms with E-state index in [-0.39, 0.29) is 0 Å². The zero-order valence-electron chi connectivity index (χ0n) is 33.2. The van der Waals surface area contributed by atoms with Crippen LogP contribution in [0.3, 0.4) is 0 Å². The summed E-state index contributed by atoms with van der Waals surface area (Å²) < 4.78 is 4.74. The highest BCUT2D eigenvalue weighted by Crippen LogP contribution is 2.40. The molecule has 282 valence electrons. The van der Waals surface area contributed by atoms with Crippen molar-refractivity contribution in [3.8, 4) is 33.6 Å². The van der Waals surface area contributed by atoms with Crippen molar-refractivity contribution in [1.82, 2.24) is 9.13 Å². The van der Waals surface area contributed by atoms with Crippen LogP contribution in [0.2, 0.25) is 0 Å². The van der Waals surface area contributed by atoms with Crippen LogP contribution in [-0.2, 0) is 0 Å². The Morgan fingerprint density at radius 2 is 0.644 bits per heavy atom. The van der Waals surface area contributed by atoms with Gasteiger partial charge in [-0.15, -0.1) is 0 Å². The Kier molecular flexibility index (Phi) is 9.32. The summed E-state index contributed by atoms with van der Waals surface area (Å²) in [6.07, 6.45) is 0. The van der Waals surface area contributed by atoms with E-state index in [0.717, 1.165) is 22.7 Å². The average Bonchev–Trinajstić information content (AvgIpc) is 3.83. The van der Waals surface area contributed by atoms with Gasteiger partial charge in [-0.3, -0.25) is 0 Å². The van der Waals surface area contributed by atoms with Crippen molar-refractivity contribution in [3.63, 3.8) is 0 Å². The molecule has 11 aromatic rings. The van der Waals surface area contributed by atoms with Gasteiger partial charge in [0.05, 0.1) is 22.1 Å². The molecule has 9 aromatic carbocycles. The maximum Gasteiger partial charge on any atom is 0.0547 e. The number of hydrogen-bond acceptors (Lipinski definition) is 1. The molecule has 0 saturated carbocycles. The summed E-state index contributed by atoms with van der Waals surface area (Å²) in [5.41, 5.74) is 15.2. The van der Waals surface area contributed by atoms with Gasteiger partial charge in [0.2, 0.25) is 0 Å². The van der Waals surface area contributed by atoms with Gasteiger partial charge in [-0.2, -0.15) is 0 Å². The molecule has 2 aromatic heterocycles. The maximum atomic E-state index is 2.38. The molecule has 0 bridgehead atoms. The fourth-order valence-corrected chi connectivity index (χ4v) is 8.64. The van der Waals surface area contributed by atoms with Crippen molar-refractivity contribution in [1.29, 1.82) is 0 Å². The van der Waals surface area contributed by atoms with E-state index in [2.05, 4.69) is 238 Å². The fourth-order valence-electron chi connectivity index (χ4n) is 8.64. The van der Waals surface area contributed by atoms with Gasteiger partial charge in [-0.25, -0.2) is 0 Å². The molecular formula is C56H43N3. The monoisotopic (exact) mass is 757 g/mol.